The number of nitrogens with two attached hydrogens (primary N) is 1. The van der Waals surface area contributed by atoms with Crippen LogP contribution in [0.25, 0.3) is 0 Å². The third-order valence-electron chi connectivity index (χ3n) is 2.68. The smallest absolute Gasteiger partial charge is 0.135 e. The number of benzene rings is 1. The van der Waals surface area contributed by atoms with Crippen molar-refractivity contribution >= 4 is 34.2 Å². The van der Waals surface area contributed by atoms with Crippen molar-refractivity contribution in [2.45, 2.75) is 13.5 Å². The lowest BCUT2D eigenvalue weighted by Crippen LogP contribution is -2.12. The molecule has 0 aliphatic rings. The molecule has 0 saturated carbocycles. The second-order valence-electron chi connectivity index (χ2n) is 3.99. The highest BCUT2D eigenvalue weighted by Crippen LogP contribution is 2.18. The summed E-state index contributed by atoms with van der Waals surface area (Å²) < 4.78 is 13.6. The Hall–Kier alpha value is -1.46. The maximum absolute atomic E-state index is 13.6. The minimum Gasteiger partial charge on any atom is -0.389 e. The number of hydrogen-bond acceptors (Lipinski definition) is 3. The molecule has 0 aliphatic heterocycles. The van der Waals surface area contributed by atoms with E-state index >= 15 is 0 Å². The lowest BCUT2D eigenvalue weighted by atomic mass is 10.1. The molecule has 0 atom stereocenters. The van der Waals surface area contributed by atoms with E-state index in [-0.39, 0.29) is 10.6 Å². The lowest BCUT2D eigenvalue weighted by Gasteiger charge is -2.08. The first-order valence-electron chi connectivity index (χ1n) is 5.43. The first-order valence-corrected chi connectivity index (χ1v) is 6.78. The molecule has 1 aromatic heterocycles. The topological polar surface area (TPSA) is 38.0 Å². The summed E-state index contributed by atoms with van der Waals surface area (Å²) in [6.45, 7) is 2.74. The van der Waals surface area contributed by atoms with Gasteiger partial charge in [-0.05, 0) is 47.0 Å². The van der Waals surface area contributed by atoms with E-state index in [1.54, 1.807) is 23.5 Å². The molecule has 3 N–H and O–H groups in total. The monoisotopic (exact) mass is 280 g/mol. The van der Waals surface area contributed by atoms with Crippen molar-refractivity contribution < 1.29 is 4.39 Å². The van der Waals surface area contributed by atoms with Gasteiger partial charge in [0.1, 0.15) is 10.8 Å². The third-order valence-corrected chi connectivity index (χ3v) is 3.81. The van der Waals surface area contributed by atoms with Gasteiger partial charge in [-0.2, -0.15) is 11.3 Å². The summed E-state index contributed by atoms with van der Waals surface area (Å²) in [5, 5.41) is 7.35. The molecule has 1 aromatic carbocycles. The first-order chi connectivity index (χ1) is 8.58. The van der Waals surface area contributed by atoms with Gasteiger partial charge < -0.3 is 11.1 Å². The predicted octanol–water partition coefficient (Wildman–Crippen LogP) is 3.44. The summed E-state index contributed by atoms with van der Waals surface area (Å²) in [6.07, 6.45) is 0. The molecule has 2 nitrogen and oxygen atoms in total. The second kappa shape index (κ2) is 5.46. The third kappa shape index (κ3) is 2.86. The van der Waals surface area contributed by atoms with Crippen molar-refractivity contribution in [2.24, 2.45) is 5.73 Å². The van der Waals surface area contributed by atoms with E-state index < -0.39 is 5.82 Å². The molecule has 2 rings (SSSR count). The van der Waals surface area contributed by atoms with Crippen LogP contribution in [0.2, 0.25) is 0 Å². The highest BCUT2D eigenvalue weighted by Gasteiger charge is 2.06. The number of halogens is 1. The number of rotatable bonds is 4. The summed E-state index contributed by atoms with van der Waals surface area (Å²) in [5.41, 5.74) is 8.87. The van der Waals surface area contributed by atoms with Crippen molar-refractivity contribution in [1.82, 2.24) is 0 Å². The molecule has 18 heavy (non-hydrogen) atoms. The Morgan fingerprint density at radius 3 is 2.78 bits per heavy atom. The Morgan fingerprint density at radius 1 is 1.44 bits per heavy atom. The molecule has 0 fully saturated rings. The van der Waals surface area contributed by atoms with Gasteiger partial charge in [0.2, 0.25) is 0 Å². The quantitative estimate of drug-likeness (QED) is 0.843. The molecule has 0 bridgehead atoms. The molecular weight excluding hydrogens is 267 g/mol. The molecule has 0 spiro atoms. The average molecular weight is 280 g/mol. The number of nitrogens with one attached hydrogen (secondary N) is 1. The predicted molar refractivity (Wildman–Crippen MR) is 78.7 cm³/mol. The van der Waals surface area contributed by atoms with Crippen molar-refractivity contribution in [3.63, 3.8) is 0 Å². The van der Waals surface area contributed by atoms with Gasteiger partial charge in [0.25, 0.3) is 0 Å². The Kier molecular flexibility index (Phi) is 3.93. The van der Waals surface area contributed by atoms with Crippen molar-refractivity contribution in [3.8, 4) is 0 Å². The summed E-state index contributed by atoms with van der Waals surface area (Å²) >= 11 is 6.42. The van der Waals surface area contributed by atoms with E-state index in [1.807, 2.05) is 0 Å². The largest absolute Gasteiger partial charge is 0.389 e. The van der Waals surface area contributed by atoms with Gasteiger partial charge in [0.05, 0.1) is 0 Å². The summed E-state index contributed by atoms with van der Waals surface area (Å²) in [5.74, 6) is -0.394. The molecule has 1 heterocycles. The van der Waals surface area contributed by atoms with E-state index in [0.29, 0.717) is 6.54 Å². The molecule has 0 unspecified atom stereocenters. The zero-order chi connectivity index (χ0) is 13.1. The van der Waals surface area contributed by atoms with Crippen molar-refractivity contribution in [1.29, 1.82) is 0 Å². The molecule has 94 valence electrons. The second-order valence-corrected chi connectivity index (χ2v) is 5.18. The lowest BCUT2D eigenvalue weighted by molar-refractivity contribution is 0.626. The van der Waals surface area contributed by atoms with Crippen LogP contribution < -0.4 is 11.1 Å². The van der Waals surface area contributed by atoms with Crippen LogP contribution in [0.4, 0.5) is 10.1 Å². The van der Waals surface area contributed by atoms with Gasteiger partial charge in [-0.25, -0.2) is 4.39 Å². The Balaban J connectivity index is 2.09. The molecule has 0 saturated heterocycles. The van der Waals surface area contributed by atoms with Gasteiger partial charge in [0, 0.05) is 17.8 Å². The minimum atomic E-state index is -0.394. The van der Waals surface area contributed by atoms with Gasteiger partial charge in [-0.3, -0.25) is 0 Å². The number of anilines is 1. The van der Waals surface area contributed by atoms with Gasteiger partial charge >= 0.3 is 0 Å². The molecule has 0 aliphatic carbocycles. The summed E-state index contributed by atoms with van der Waals surface area (Å²) in [7, 11) is 0. The van der Waals surface area contributed by atoms with Crippen molar-refractivity contribution in [2.75, 3.05) is 5.32 Å². The zero-order valence-electron chi connectivity index (χ0n) is 9.87. The highest BCUT2D eigenvalue weighted by molar-refractivity contribution is 7.80. The maximum Gasteiger partial charge on any atom is 0.135 e. The van der Waals surface area contributed by atoms with E-state index in [9.17, 15) is 4.39 Å². The average Bonchev–Trinajstić information content (AvgIpc) is 2.72. The minimum absolute atomic E-state index is 0.0766. The first kappa shape index (κ1) is 13.0. The molecule has 0 radical (unpaired) electrons. The van der Waals surface area contributed by atoms with Crippen LogP contribution >= 0.6 is 23.6 Å². The van der Waals surface area contributed by atoms with E-state index in [1.165, 1.54) is 17.2 Å². The molecular formula is C13H13FN2S2. The Morgan fingerprint density at radius 2 is 2.22 bits per heavy atom. The van der Waals surface area contributed by atoms with E-state index in [4.69, 9.17) is 18.0 Å². The van der Waals surface area contributed by atoms with Gasteiger partial charge in [0.15, 0.2) is 0 Å². The SMILES string of the molecule is Cc1cscc1CNc1ccc(C(N)=S)c(F)c1. The maximum atomic E-state index is 13.6. The van der Waals surface area contributed by atoms with Crippen LogP contribution in [0.3, 0.4) is 0 Å². The van der Waals surface area contributed by atoms with Gasteiger partial charge in [-0.15, -0.1) is 0 Å². The van der Waals surface area contributed by atoms with Crippen LogP contribution in [-0.2, 0) is 6.54 Å². The number of thiocarbonyl (C=S) groups is 1. The normalized spacial score (nSPS) is 10.3. The van der Waals surface area contributed by atoms with Crippen LogP contribution in [0.1, 0.15) is 16.7 Å². The fraction of sp³-hybridized carbons (Fsp3) is 0.154. The van der Waals surface area contributed by atoms with Crippen LogP contribution in [0.15, 0.2) is 29.0 Å². The molecule has 2 aromatic rings. The van der Waals surface area contributed by atoms with E-state index in [0.717, 1.165) is 5.69 Å². The number of hydrogen-bond donors (Lipinski definition) is 2. The zero-order valence-corrected chi connectivity index (χ0v) is 11.5. The van der Waals surface area contributed by atoms with Crippen LogP contribution in [-0.4, -0.2) is 4.99 Å². The summed E-state index contributed by atoms with van der Waals surface area (Å²) in [6, 6.07) is 4.79. The molecule has 5 heteroatoms. The Bertz CT molecular complexity index is 578. The van der Waals surface area contributed by atoms with E-state index in [2.05, 4.69) is 23.0 Å². The number of thiophene rings is 1. The van der Waals surface area contributed by atoms with Gasteiger partial charge in [-0.1, -0.05) is 12.2 Å². The van der Waals surface area contributed by atoms with Crippen LogP contribution in [0, 0.1) is 12.7 Å². The standard InChI is InChI=1S/C13H13FN2S2/c1-8-6-18-7-9(8)5-16-10-2-3-11(13(15)17)12(14)4-10/h2-4,6-7,16H,5H2,1H3,(H2,15,17). The molecule has 0 amide bonds. The highest BCUT2D eigenvalue weighted by atomic mass is 32.1. The summed E-state index contributed by atoms with van der Waals surface area (Å²) in [4.78, 5) is 0.0766. The Labute approximate surface area is 115 Å². The van der Waals surface area contributed by atoms with Crippen LogP contribution in [0.5, 0.6) is 0 Å². The van der Waals surface area contributed by atoms with Crippen molar-refractivity contribution in [3.05, 3.63) is 51.5 Å². The fourth-order valence-corrected chi connectivity index (χ4v) is 2.61. The fourth-order valence-electron chi connectivity index (χ4n) is 1.59. The number of aryl methyl sites for hydroxylation is 1.